The highest BCUT2D eigenvalue weighted by atomic mass is 16.7. The monoisotopic (exact) mass is 412 g/mol. The van der Waals surface area contributed by atoms with Gasteiger partial charge in [-0.3, -0.25) is 0 Å². The number of carbonyl (C=O) groups is 1. The molecule has 3 rings (SSSR count). The van der Waals surface area contributed by atoms with Crippen molar-refractivity contribution in [3.8, 4) is 0 Å². The Morgan fingerprint density at radius 3 is 2.55 bits per heavy atom. The topological polar surface area (TPSA) is 137 Å². The highest BCUT2D eigenvalue weighted by Crippen LogP contribution is 2.53. The summed E-state index contributed by atoms with van der Waals surface area (Å²) in [6.45, 7) is 7.39. The summed E-state index contributed by atoms with van der Waals surface area (Å²) in [6.07, 6.45) is -1.97. The van der Waals surface area contributed by atoms with E-state index in [1.54, 1.807) is 0 Å². The number of fused-ring (bicyclic) bond motifs is 1. The average Bonchev–Trinajstić information content (AvgIpc) is 2.69. The number of carboxylic acids is 1. The molecule has 0 amide bonds. The van der Waals surface area contributed by atoms with Crippen molar-refractivity contribution in [3.05, 3.63) is 23.8 Å². The molecule has 164 valence electrons. The van der Waals surface area contributed by atoms with E-state index in [2.05, 4.69) is 20.4 Å². The standard InChI is InChI=1S/C21H32O8/c1-10-4-5-15(29-20-18(25)17(24)16(23)14(9-22)28-20)21(3)7-6-12(8-13(10)21)11(2)19(26)27/h8,10,12,14-18,20,22-25H,2,4-7,9H2,1,3H3,(H,26,27)/t10-,12+,14+,15+,16+,17-,18+,20-,21+/m0/s1. The lowest BCUT2D eigenvalue weighted by molar-refractivity contribution is -0.320. The summed E-state index contributed by atoms with van der Waals surface area (Å²) in [5, 5.41) is 49.0. The number of carboxylic acid groups (broad SMARTS) is 1. The van der Waals surface area contributed by atoms with Crippen molar-refractivity contribution >= 4 is 5.97 Å². The van der Waals surface area contributed by atoms with Crippen LogP contribution in [0.2, 0.25) is 0 Å². The van der Waals surface area contributed by atoms with Gasteiger partial charge in [-0.25, -0.2) is 4.79 Å². The fourth-order valence-electron chi connectivity index (χ4n) is 5.03. The summed E-state index contributed by atoms with van der Waals surface area (Å²) in [5.41, 5.74) is 0.937. The minimum atomic E-state index is -1.48. The third-order valence-electron chi connectivity index (χ3n) is 6.99. The summed E-state index contributed by atoms with van der Waals surface area (Å²) >= 11 is 0. The van der Waals surface area contributed by atoms with Gasteiger partial charge in [-0.1, -0.05) is 32.1 Å². The Balaban J connectivity index is 1.82. The zero-order valence-corrected chi connectivity index (χ0v) is 16.9. The van der Waals surface area contributed by atoms with Crippen molar-refractivity contribution in [2.75, 3.05) is 6.61 Å². The lowest BCUT2D eigenvalue weighted by atomic mass is 9.59. The zero-order valence-electron chi connectivity index (χ0n) is 16.9. The van der Waals surface area contributed by atoms with Gasteiger partial charge in [-0.05, 0) is 31.6 Å². The first-order chi connectivity index (χ1) is 13.6. The van der Waals surface area contributed by atoms with Crippen LogP contribution in [0, 0.1) is 17.3 Å². The number of aliphatic hydroxyl groups excluding tert-OH is 4. The Morgan fingerprint density at radius 1 is 1.24 bits per heavy atom. The Hall–Kier alpha value is -1.29. The molecule has 0 unspecified atom stereocenters. The van der Waals surface area contributed by atoms with E-state index in [-0.39, 0.29) is 28.9 Å². The normalized spacial score (nSPS) is 45.2. The fraction of sp³-hybridized carbons (Fsp3) is 0.762. The maximum atomic E-state index is 11.3. The number of rotatable bonds is 5. The average molecular weight is 412 g/mol. The first kappa shape index (κ1) is 22.4. The van der Waals surface area contributed by atoms with Gasteiger partial charge in [0.2, 0.25) is 0 Å². The molecule has 5 N–H and O–H groups in total. The quantitative estimate of drug-likeness (QED) is 0.327. The molecule has 8 heteroatoms. The van der Waals surface area contributed by atoms with Crippen molar-refractivity contribution in [3.63, 3.8) is 0 Å². The molecule has 0 radical (unpaired) electrons. The molecule has 0 aromatic rings. The first-order valence-electron chi connectivity index (χ1n) is 10.2. The second kappa shape index (κ2) is 8.45. The van der Waals surface area contributed by atoms with E-state index in [1.165, 1.54) is 0 Å². The van der Waals surface area contributed by atoms with Crippen LogP contribution in [0.4, 0.5) is 0 Å². The van der Waals surface area contributed by atoms with Crippen molar-refractivity contribution in [2.24, 2.45) is 17.3 Å². The van der Waals surface area contributed by atoms with Crippen molar-refractivity contribution in [1.82, 2.24) is 0 Å². The molecule has 8 nitrogen and oxygen atoms in total. The number of hydrogen-bond acceptors (Lipinski definition) is 7. The van der Waals surface area contributed by atoms with E-state index in [0.29, 0.717) is 19.3 Å². The first-order valence-corrected chi connectivity index (χ1v) is 10.2. The second-order valence-electron chi connectivity index (χ2n) is 8.82. The van der Waals surface area contributed by atoms with Crippen LogP contribution in [-0.4, -0.2) is 74.9 Å². The van der Waals surface area contributed by atoms with E-state index in [9.17, 15) is 30.3 Å². The van der Waals surface area contributed by atoms with Gasteiger partial charge in [0.25, 0.3) is 0 Å². The predicted octanol–water partition coefficient (Wildman–Crippen LogP) is 0.585. The Bertz CT molecular complexity index is 674. The van der Waals surface area contributed by atoms with Gasteiger partial charge < -0.3 is 35.0 Å². The number of aliphatic carboxylic acids is 1. The second-order valence-corrected chi connectivity index (χ2v) is 8.82. The van der Waals surface area contributed by atoms with E-state index in [1.807, 2.05) is 6.08 Å². The third kappa shape index (κ3) is 4.02. The molecule has 1 saturated carbocycles. The molecule has 0 aromatic heterocycles. The highest BCUT2D eigenvalue weighted by Gasteiger charge is 2.50. The molecule has 2 fully saturated rings. The molecule has 1 heterocycles. The summed E-state index contributed by atoms with van der Waals surface area (Å²) in [5.74, 6) is -0.948. The van der Waals surface area contributed by atoms with Gasteiger partial charge >= 0.3 is 5.97 Å². The molecule has 1 saturated heterocycles. The SMILES string of the molecule is C=C(C(=O)O)[C@H]1C=C2[C@@H](C)CC[C@@H](O[C@@H]3O[C@H](CO)[C@@H](O)[C@H](O)[C@H]3O)[C@]2(C)CC1. The van der Waals surface area contributed by atoms with Gasteiger partial charge in [0.05, 0.1) is 12.7 Å². The van der Waals surface area contributed by atoms with Crippen LogP contribution < -0.4 is 0 Å². The van der Waals surface area contributed by atoms with Gasteiger partial charge in [0.15, 0.2) is 6.29 Å². The third-order valence-corrected chi connectivity index (χ3v) is 6.99. The Kier molecular flexibility index (Phi) is 6.53. The van der Waals surface area contributed by atoms with E-state index in [4.69, 9.17) is 9.47 Å². The van der Waals surface area contributed by atoms with Crippen molar-refractivity contribution in [1.29, 1.82) is 0 Å². The summed E-state index contributed by atoms with van der Waals surface area (Å²) in [7, 11) is 0. The Morgan fingerprint density at radius 2 is 1.93 bits per heavy atom. The molecule has 29 heavy (non-hydrogen) atoms. The lowest BCUT2D eigenvalue weighted by Gasteiger charge is -2.51. The number of allylic oxidation sites excluding steroid dienone is 1. The summed E-state index contributed by atoms with van der Waals surface area (Å²) in [4.78, 5) is 11.3. The maximum Gasteiger partial charge on any atom is 0.331 e. The minimum Gasteiger partial charge on any atom is -0.478 e. The minimum absolute atomic E-state index is 0.184. The zero-order chi connectivity index (χ0) is 21.5. The molecule has 1 aliphatic heterocycles. The number of ether oxygens (including phenoxy) is 2. The molecule has 2 aliphatic carbocycles. The molecular formula is C21H32O8. The van der Waals surface area contributed by atoms with Crippen LogP contribution in [0.3, 0.4) is 0 Å². The highest BCUT2D eigenvalue weighted by molar-refractivity contribution is 5.86. The molecule has 9 atom stereocenters. The van der Waals surface area contributed by atoms with Crippen molar-refractivity contribution < 1.29 is 39.8 Å². The molecule has 0 spiro atoms. The molecule has 0 bridgehead atoms. The van der Waals surface area contributed by atoms with Crippen LogP contribution in [0.1, 0.15) is 39.5 Å². The van der Waals surface area contributed by atoms with Crippen LogP contribution in [0.15, 0.2) is 23.8 Å². The van der Waals surface area contributed by atoms with Crippen LogP contribution in [0.5, 0.6) is 0 Å². The van der Waals surface area contributed by atoms with E-state index < -0.39 is 43.3 Å². The van der Waals surface area contributed by atoms with Gasteiger partial charge in [0, 0.05) is 16.9 Å². The summed E-state index contributed by atoms with van der Waals surface area (Å²) in [6, 6.07) is 0. The van der Waals surface area contributed by atoms with Gasteiger partial charge in [-0.15, -0.1) is 0 Å². The van der Waals surface area contributed by atoms with Crippen molar-refractivity contribution in [2.45, 2.75) is 76.3 Å². The number of hydrogen-bond donors (Lipinski definition) is 5. The molecule has 0 aromatic carbocycles. The van der Waals surface area contributed by atoms with E-state index in [0.717, 1.165) is 12.0 Å². The summed E-state index contributed by atoms with van der Waals surface area (Å²) < 4.78 is 11.7. The fourth-order valence-corrected chi connectivity index (χ4v) is 5.03. The maximum absolute atomic E-state index is 11.3. The Labute approximate surface area is 170 Å². The predicted molar refractivity (Wildman–Crippen MR) is 103 cm³/mol. The smallest absolute Gasteiger partial charge is 0.331 e. The molecule has 3 aliphatic rings. The molecular weight excluding hydrogens is 380 g/mol. The largest absolute Gasteiger partial charge is 0.478 e. The van der Waals surface area contributed by atoms with Gasteiger partial charge in [0.1, 0.15) is 24.4 Å². The van der Waals surface area contributed by atoms with Crippen LogP contribution in [-0.2, 0) is 14.3 Å². The number of aliphatic hydroxyl groups is 4. The van der Waals surface area contributed by atoms with Gasteiger partial charge in [-0.2, -0.15) is 0 Å². The van der Waals surface area contributed by atoms with Crippen LogP contribution >= 0.6 is 0 Å². The lowest BCUT2D eigenvalue weighted by Crippen LogP contribution is -2.60. The van der Waals surface area contributed by atoms with Crippen LogP contribution in [0.25, 0.3) is 0 Å². The van der Waals surface area contributed by atoms with E-state index >= 15 is 0 Å².